The molecule has 0 saturated heterocycles. The highest BCUT2D eigenvalue weighted by Crippen LogP contribution is 2.21. The minimum atomic E-state index is -0.205. The van der Waals surface area contributed by atoms with Crippen molar-refractivity contribution in [3.05, 3.63) is 58.9 Å². The number of anilines is 1. The molecule has 0 unspecified atom stereocenters. The number of carbonyl (C=O) groups is 1. The number of aryl methyl sites for hydroxylation is 2. The second-order valence-electron chi connectivity index (χ2n) is 6.93. The number of nitrogens with zero attached hydrogens (tertiary/aromatic N) is 4. The van der Waals surface area contributed by atoms with Crippen LogP contribution in [0.25, 0.3) is 22.4 Å². The zero-order valence-corrected chi connectivity index (χ0v) is 17.2. The Morgan fingerprint density at radius 3 is 2.79 bits per heavy atom. The number of para-hydroxylation sites is 2. The largest absolute Gasteiger partial charge is 0.310 e. The lowest BCUT2D eigenvalue weighted by atomic mass is 10.1. The molecule has 8 heteroatoms. The van der Waals surface area contributed by atoms with Crippen LogP contribution >= 0.6 is 12.2 Å². The zero-order valence-electron chi connectivity index (χ0n) is 16.3. The first-order chi connectivity index (χ1) is 14.1. The van der Waals surface area contributed by atoms with E-state index in [1.165, 1.54) is 0 Å². The van der Waals surface area contributed by atoms with E-state index in [0.717, 1.165) is 35.1 Å². The van der Waals surface area contributed by atoms with Gasteiger partial charge in [-0.15, -0.1) is 0 Å². The highest BCUT2D eigenvalue weighted by molar-refractivity contribution is 7.71. The molecule has 0 aliphatic heterocycles. The van der Waals surface area contributed by atoms with E-state index >= 15 is 0 Å². The van der Waals surface area contributed by atoms with Gasteiger partial charge in [0.1, 0.15) is 6.54 Å². The summed E-state index contributed by atoms with van der Waals surface area (Å²) >= 11 is 5.35. The Labute approximate surface area is 173 Å². The van der Waals surface area contributed by atoms with Gasteiger partial charge in [0.2, 0.25) is 11.9 Å². The maximum absolute atomic E-state index is 12.8. The van der Waals surface area contributed by atoms with Crippen LogP contribution < -0.4 is 5.32 Å². The average Bonchev–Trinajstić information content (AvgIpc) is 3.23. The van der Waals surface area contributed by atoms with Gasteiger partial charge in [0.15, 0.2) is 10.6 Å². The number of hydrogen-bond donors (Lipinski definition) is 2. The molecule has 0 spiro atoms. The number of H-pyrrole nitrogens is 1. The maximum Gasteiger partial charge on any atom is 0.246 e. The maximum atomic E-state index is 12.8. The highest BCUT2D eigenvalue weighted by Gasteiger charge is 2.16. The van der Waals surface area contributed by atoms with E-state index in [-0.39, 0.29) is 12.5 Å². The highest BCUT2D eigenvalue weighted by atomic mass is 32.1. The van der Waals surface area contributed by atoms with Crippen LogP contribution in [0.2, 0.25) is 0 Å². The standard InChI is InChI=1S/C21H22N6OS/c1-3-11-26-17-10-5-4-9-16(17)22-20(26)23-18(28)13-27-19(24-25-21(27)29)15-8-6-7-14(2)12-15/h4-10,12H,3,11,13H2,1-2H3,(H,25,29)(H,22,23,28). The molecular weight excluding hydrogens is 384 g/mol. The minimum absolute atomic E-state index is 0.0495. The van der Waals surface area contributed by atoms with Gasteiger partial charge in [-0.25, -0.2) is 4.98 Å². The first-order valence-electron chi connectivity index (χ1n) is 9.54. The monoisotopic (exact) mass is 406 g/mol. The molecule has 2 aromatic heterocycles. The van der Waals surface area contributed by atoms with Gasteiger partial charge < -0.3 is 4.57 Å². The molecule has 7 nitrogen and oxygen atoms in total. The van der Waals surface area contributed by atoms with Gasteiger partial charge in [-0.1, -0.05) is 42.8 Å². The number of fused-ring (bicyclic) bond motifs is 1. The van der Waals surface area contributed by atoms with Gasteiger partial charge in [-0.2, -0.15) is 5.10 Å². The zero-order chi connectivity index (χ0) is 20.4. The average molecular weight is 407 g/mol. The molecule has 0 bridgehead atoms. The third-order valence-electron chi connectivity index (χ3n) is 4.69. The Balaban J connectivity index is 1.62. The van der Waals surface area contributed by atoms with Crippen molar-refractivity contribution in [2.75, 3.05) is 5.32 Å². The van der Waals surface area contributed by atoms with Gasteiger partial charge in [-0.3, -0.25) is 19.8 Å². The van der Waals surface area contributed by atoms with Crippen LogP contribution in [0.5, 0.6) is 0 Å². The Morgan fingerprint density at radius 2 is 2.00 bits per heavy atom. The van der Waals surface area contributed by atoms with Crippen molar-refractivity contribution in [3.8, 4) is 11.4 Å². The fraction of sp³-hybridized carbons (Fsp3) is 0.238. The van der Waals surface area contributed by atoms with Crippen LogP contribution in [0.1, 0.15) is 18.9 Å². The van der Waals surface area contributed by atoms with E-state index in [2.05, 4.69) is 27.4 Å². The Hall–Kier alpha value is -3.26. The lowest BCUT2D eigenvalue weighted by molar-refractivity contribution is -0.116. The second-order valence-corrected chi connectivity index (χ2v) is 7.32. The summed E-state index contributed by atoms with van der Waals surface area (Å²) < 4.78 is 4.13. The van der Waals surface area contributed by atoms with Crippen molar-refractivity contribution in [3.63, 3.8) is 0 Å². The number of amides is 1. The van der Waals surface area contributed by atoms with Crippen LogP contribution in [-0.2, 0) is 17.9 Å². The number of imidazole rings is 1. The Kier molecular flexibility index (Phi) is 5.26. The lowest BCUT2D eigenvalue weighted by Gasteiger charge is -2.10. The van der Waals surface area contributed by atoms with E-state index in [4.69, 9.17) is 12.2 Å². The van der Waals surface area contributed by atoms with Gasteiger partial charge >= 0.3 is 0 Å². The number of hydrogen-bond acceptors (Lipinski definition) is 4. The quantitative estimate of drug-likeness (QED) is 0.468. The van der Waals surface area contributed by atoms with E-state index in [0.29, 0.717) is 16.5 Å². The summed E-state index contributed by atoms with van der Waals surface area (Å²) in [5.41, 5.74) is 3.88. The molecule has 29 heavy (non-hydrogen) atoms. The molecular formula is C21H22N6OS. The number of carbonyl (C=O) groups excluding carboxylic acids is 1. The topological polar surface area (TPSA) is 80.5 Å². The molecule has 2 N–H and O–H groups in total. The van der Waals surface area contributed by atoms with Gasteiger partial charge in [-0.05, 0) is 43.8 Å². The first-order valence-corrected chi connectivity index (χ1v) is 9.95. The smallest absolute Gasteiger partial charge is 0.246 e. The predicted molar refractivity (Wildman–Crippen MR) is 116 cm³/mol. The first kappa shape index (κ1) is 19.1. The number of nitrogens with one attached hydrogen (secondary N) is 2. The normalized spacial score (nSPS) is 11.1. The fourth-order valence-corrected chi connectivity index (χ4v) is 3.59. The van der Waals surface area contributed by atoms with E-state index in [1.807, 2.05) is 60.0 Å². The summed E-state index contributed by atoms with van der Waals surface area (Å²) in [7, 11) is 0. The molecule has 0 saturated carbocycles. The van der Waals surface area contributed by atoms with Crippen LogP contribution in [0.15, 0.2) is 48.5 Å². The summed E-state index contributed by atoms with van der Waals surface area (Å²) in [5, 5.41) is 10.1. The van der Waals surface area contributed by atoms with Gasteiger partial charge in [0.05, 0.1) is 11.0 Å². The molecule has 0 aliphatic rings. The lowest BCUT2D eigenvalue weighted by Crippen LogP contribution is -2.21. The van der Waals surface area contributed by atoms with Crippen molar-refractivity contribution >= 4 is 35.1 Å². The summed E-state index contributed by atoms with van der Waals surface area (Å²) in [6, 6.07) is 15.8. The van der Waals surface area contributed by atoms with Crippen LogP contribution in [0.4, 0.5) is 5.95 Å². The SMILES string of the molecule is CCCn1c(NC(=O)Cn2c(-c3cccc(C)c3)n[nH]c2=S)nc2ccccc21. The molecule has 1 amide bonds. The summed E-state index contributed by atoms with van der Waals surface area (Å²) in [6.45, 7) is 4.93. The van der Waals surface area contributed by atoms with Crippen LogP contribution in [0, 0.1) is 11.7 Å². The molecule has 4 rings (SSSR count). The molecule has 0 radical (unpaired) electrons. The third-order valence-corrected chi connectivity index (χ3v) is 5.00. The summed E-state index contributed by atoms with van der Waals surface area (Å²) in [5.74, 6) is 0.977. The molecule has 148 valence electrons. The van der Waals surface area contributed by atoms with Crippen molar-refractivity contribution < 1.29 is 4.79 Å². The van der Waals surface area contributed by atoms with Crippen molar-refractivity contribution in [2.45, 2.75) is 33.4 Å². The minimum Gasteiger partial charge on any atom is -0.310 e. The number of benzene rings is 2. The molecule has 0 aliphatic carbocycles. The summed E-state index contributed by atoms with van der Waals surface area (Å²) in [4.78, 5) is 17.4. The molecule has 2 heterocycles. The Morgan fingerprint density at radius 1 is 1.17 bits per heavy atom. The van der Waals surface area contributed by atoms with E-state index in [9.17, 15) is 4.79 Å². The number of aromatic amines is 1. The van der Waals surface area contributed by atoms with E-state index in [1.54, 1.807) is 4.57 Å². The van der Waals surface area contributed by atoms with E-state index < -0.39 is 0 Å². The second kappa shape index (κ2) is 8.00. The van der Waals surface area contributed by atoms with Crippen molar-refractivity contribution in [1.82, 2.24) is 24.3 Å². The molecule has 0 fully saturated rings. The molecule has 0 atom stereocenters. The van der Waals surface area contributed by atoms with Crippen LogP contribution in [-0.4, -0.2) is 30.2 Å². The van der Waals surface area contributed by atoms with Crippen molar-refractivity contribution in [1.29, 1.82) is 0 Å². The number of aromatic nitrogens is 5. The van der Waals surface area contributed by atoms with Crippen LogP contribution in [0.3, 0.4) is 0 Å². The predicted octanol–water partition coefficient (Wildman–Crippen LogP) is 4.31. The van der Waals surface area contributed by atoms with Gasteiger partial charge in [0.25, 0.3) is 0 Å². The third kappa shape index (κ3) is 3.84. The molecule has 4 aromatic rings. The fourth-order valence-electron chi connectivity index (χ4n) is 3.40. The number of rotatable bonds is 6. The molecule has 2 aromatic carbocycles. The van der Waals surface area contributed by atoms with Gasteiger partial charge in [0, 0.05) is 12.1 Å². The van der Waals surface area contributed by atoms with Crippen molar-refractivity contribution in [2.24, 2.45) is 0 Å². The summed E-state index contributed by atoms with van der Waals surface area (Å²) in [6.07, 6.45) is 0.938. The Bertz CT molecular complexity index is 1240.